The molecule has 0 spiro atoms. The quantitative estimate of drug-likeness (QED) is 0.793. The topological polar surface area (TPSA) is 74.5 Å². The molecule has 2 aromatic rings. The zero-order chi connectivity index (χ0) is 16.1. The van der Waals surface area contributed by atoms with Crippen LogP contribution in [0.2, 0.25) is 0 Å². The van der Waals surface area contributed by atoms with Crippen molar-refractivity contribution >= 4 is 6.03 Å². The third-order valence-corrected chi connectivity index (χ3v) is 4.25. The van der Waals surface area contributed by atoms with Gasteiger partial charge >= 0.3 is 6.03 Å². The van der Waals surface area contributed by atoms with E-state index >= 15 is 0 Å². The molecule has 2 amide bonds. The van der Waals surface area contributed by atoms with E-state index in [1.54, 1.807) is 6.26 Å². The van der Waals surface area contributed by atoms with E-state index < -0.39 is 6.10 Å². The van der Waals surface area contributed by atoms with Crippen molar-refractivity contribution in [2.24, 2.45) is 0 Å². The van der Waals surface area contributed by atoms with Crippen molar-refractivity contribution in [3.05, 3.63) is 48.2 Å². The molecule has 1 aromatic heterocycles. The highest BCUT2D eigenvalue weighted by Gasteiger charge is 2.17. The number of hydrogen-bond donors (Lipinski definition) is 3. The van der Waals surface area contributed by atoms with E-state index in [4.69, 9.17) is 4.42 Å². The molecule has 5 nitrogen and oxygen atoms in total. The fraction of sp³-hybridized carbons (Fsp3) is 0.389. The summed E-state index contributed by atoms with van der Waals surface area (Å²) in [6.45, 7) is 0.193. The Bertz CT molecular complexity index is 616. The average molecular weight is 314 g/mol. The normalized spacial score (nSPS) is 16.2. The zero-order valence-corrected chi connectivity index (χ0v) is 13.0. The number of aliphatic hydroxyl groups excluding tert-OH is 1. The lowest BCUT2D eigenvalue weighted by Crippen LogP contribution is -2.42. The van der Waals surface area contributed by atoms with E-state index in [1.165, 1.54) is 12.8 Å². The minimum atomic E-state index is -0.727. The van der Waals surface area contributed by atoms with Gasteiger partial charge in [0.1, 0.15) is 5.76 Å². The third kappa shape index (κ3) is 4.13. The van der Waals surface area contributed by atoms with Gasteiger partial charge in [0, 0.05) is 18.2 Å². The standard InChI is InChI=1S/C18H22N2O3/c21-16(12-19-18(22)20-15-4-1-2-5-15)13-7-9-14(10-8-13)17-6-3-11-23-17/h3,6-11,15-16,21H,1-2,4-5,12H2,(H2,19,20,22). The van der Waals surface area contributed by atoms with Gasteiger partial charge in [0.25, 0.3) is 0 Å². The van der Waals surface area contributed by atoms with Gasteiger partial charge in [-0.3, -0.25) is 0 Å². The number of nitrogens with one attached hydrogen (secondary N) is 2. The second-order valence-electron chi connectivity index (χ2n) is 5.95. The van der Waals surface area contributed by atoms with Gasteiger partial charge in [-0.05, 0) is 30.5 Å². The predicted octanol–water partition coefficient (Wildman–Crippen LogP) is 3.22. The molecule has 23 heavy (non-hydrogen) atoms. The van der Waals surface area contributed by atoms with Gasteiger partial charge in [-0.2, -0.15) is 0 Å². The lowest BCUT2D eigenvalue weighted by Gasteiger charge is -2.16. The van der Waals surface area contributed by atoms with E-state index in [9.17, 15) is 9.90 Å². The number of furan rings is 1. The van der Waals surface area contributed by atoms with Crippen molar-refractivity contribution in [3.63, 3.8) is 0 Å². The molecule has 1 aliphatic carbocycles. The van der Waals surface area contributed by atoms with Crippen LogP contribution >= 0.6 is 0 Å². The summed E-state index contributed by atoms with van der Waals surface area (Å²) >= 11 is 0. The Balaban J connectivity index is 1.49. The summed E-state index contributed by atoms with van der Waals surface area (Å²) < 4.78 is 5.33. The summed E-state index contributed by atoms with van der Waals surface area (Å²) in [5, 5.41) is 15.9. The average Bonchev–Trinajstić information content (AvgIpc) is 3.26. The van der Waals surface area contributed by atoms with Gasteiger partial charge in [0.2, 0.25) is 0 Å². The number of urea groups is 1. The first-order valence-electron chi connectivity index (χ1n) is 8.08. The highest BCUT2D eigenvalue weighted by Crippen LogP contribution is 2.22. The molecule has 1 heterocycles. The zero-order valence-electron chi connectivity index (χ0n) is 13.0. The molecule has 1 unspecified atom stereocenters. The summed E-state index contributed by atoms with van der Waals surface area (Å²) in [6.07, 6.45) is 5.35. The van der Waals surface area contributed by atoms with Crippen LogP contribution in [0.5, 0.6) is 0 Å². The Hall–Kier alpha value is -2.27. The monoisotopic (exact) mass is 314 g/mol. The summed E-state index contributed by atoms with van der Waals surface area (Å²) in [6, 6.07) is 11.3. The minimum absolute atomic E-state index is 0.193. The molecule has 0 aliphatic heterocycles. The maximum atomic E-state index is 11.8. The fourth-order valence-electron chi connectivity index (χ4n) is 2.93. The SMILES string of the molecule is O=C(NCC(O)c1ccc(-c2ccco2)cc1)NC1CCCC1. The van der Waals surface area contributed by atoms with E-state index in [2.05, 4.69) is 10.6 Å². The van der Waals surface area contributed by atoms with Crippen molar-refractivity contribution in [2.75, 3.05) is 6.54 Å². The summed E-state index contributed by atoms with van der Waals surface area (Å²) in [7, 11) is 0. The van der Waals surface area contributed by atoms with Crippen LogP contribution in [-0.2, 0) is 0 Å². The summed E-state index contributed by atoms with van der Waals surface area (Å²) in [5.41, 5.74) is 1.72. The Labute approximate surface area is 135 Å². The highest BCUT2D eigenvalue weighted by molar-refractivity contribution is 5.74. The molecule has 0 saturated heterocycles. The van der Waals surface area contributed by atoms with Gasteiger partial charge in [-0.15, -0.1) is 0 Å². The van der Waals surface area contributed by atoms with E-state index in [-0.39, 0.29) is 18.6 Å². The molecule has 0 radical (unpaired) electrons. The number of rotatable bonds is 5. The molecule has 0 bridgehead atoms. The smallest absolute Gasteiger partial charge is 0.315 e. The third-order valence-electron chi connectivity index (χ3n) is 4.25. The number of amides is 2. The van der Waals surface area contributed by atoms with Crippen molar-refractivity contribution < 1.29 is 14.3 Å². The van der Waals surface area contributed by atoms with E-state index in [0.717, 1.165) is 29.7 Å². The molecule has 3 N–H and O–H groups in total. The van der Waals surface area contributed by atoms with E-state index in [0.29, 0.717) is 0 Å². The molecular formula is C18H22N2O3. The first-order chi connectivity index (χ1) is 11.2. The number of benzene rings is 1. The Morgan fingerprint density at radius 2 is 1.96 bits per heavy atom. The minimum Gasteiger partial charge on any atom is -0.464 e. The fourth-order valence-corrected chi connectivity index (χ4v) is 2.93. The van der Waals surface area contributed by atoms with Crippen LogP contribution in [-0.4, -0.2) is 23.7 Å². The van der Waals surface area contributed by atoms with E-state index in [1.807, 2.05) is 36.4 Å². The van der Waals surface area contributed by atoms with Crippen molar-refractivity contribution in [1.82, 2.24) is 10.6 Å². The second kappa shape index (κ2) is 7.33. The van der Waals surface area contributed by atoms with Crippen LogP contribution in [0.25, 0.3) is 11.3 Å². The van der Waals surface area contributed by atoms with Crippen molar-refractivity contribution in [2.45, 2.75) is 37.8 Å². The number of aliphatic hydroxyl groups is 1. The van der Waals surface area contributed by atoms with Crippen LogP contribution < -0.4 is 10.6 Å². The largest absolute Gasteiger partial charge is 0.464 e. The maximum Gasteiger partial charge on any atom is 0.315 e. The molecule has 5 heteroatoms. The first-order valence-corrected chi connectivity index (χ1v) is 8.08. The first kappa shape index (κ1) is 15.6. The van der Waals surface area contributed by atoms with Crippen LogP contribution in [0.4, 0.5) is 4.79 Å². The van der Waals surface area contributed by atoms with Gasteiger partial charge in [0.15, 0.2) is 0 Å². The Morgan fingerprint density at radius 1 is 1.22 bits per heavy atom. The predicted molar refractivity (Wildman–Crippen MR) is 87.9 cm³/mol. The lowest BCUT2D eigenvalue weighted by molar-refractivity contribution is 0.172. The highest BCUT2D eigenvalue weighted by atomic mass is 16.3. The van der Waals surface area contributed by atoms with Crippen LogP contribution in [0, 0.1) is 0 Å². The molecule has 122 valence electrons. The number of hydrogen-bond acceptors (Lipinski definition) is 3. The molecule has 1 fully saturated rings. The summed E-state index contributed by atoms with van der Waals surface area (Å²) in [5.74, 6) is 0.792. The Morgan fingerprint density at radius 3 is 2.61 bits per heavy atom. The van der Waals surface area contributed by atoms with Gasteiger partial charge < -0.3 is 20.2 Å². The van der Waals surface area contributed by atoms with Gasteiger partial charge in [-0.1, -0.05) is 37.1 Å². The molecule has 1 atom stereocenters. The van der Waals surface area contributed by atoms with Crippen LogP contribution in [0.1, 0.15) is 37.4 Å². The van der Waals surface area contributed by atoms with Crippen LogP contribution in [0.15, 0.2) is 47.1 Å². The van der Waals surface area contributed by atoms with Gasteiger partial charge in [0.05, 0.1) is 12.4 Å². The number of carbonyl (C=O) groups is 1. The number of carbonyl (C=O) groups excluding carboxylic acids is 1. The molecule has 3 rings (SSSR count). The maximum absolute atomic E-state index is 11.8. The lowest BCUT2D eigenvalue weighted by atomic mass is 10.1. The molecule has 1 aliphatic rings. The summed E-state index contributed by atoms with van der Waals surface area (Å²) in [4.78, 5) is 11.8. The second-order valence-corrected chi connectivity index (χ2v) is 5.95. The molecule has 1 aromatic carbocycles. The van der Waals surface area contributed by atoms with Crippen molar-refractivity contribution in [1.29, 1.82) is 0 Å². The van der Waals surface area contributed by atoms with Crippen molar-refractivity contribution in [3.8, 4) is 11.3 Å². The molecular weight excluding hydrogens is 292 g/mol. The Kier molecular flexibility index (Phi) is 4.98. The van der Waals surface area contributed by atoms with Crippen LogP contribution in [0.3, 0.4) is 0 Å². The van der Waals surface area contributed by atoms with Gasteiger partial charge in [-0.25, -0.2) is 4.79 Å². The molecule has 1 saturated carbocycles.